The van der Waals surface area contributed by atoms with Gasteiger partial charge in [-0.1, -0.05) is 6.92 Å². The molecule has 4 N–H and O–H groups in total. The second-order valence-electron chi connectivity index (χ2n) is 4.68. The summed E-state index contributed by atoms with van der Waals surface area (Å²) >= 11 is 0. The zero-order valence-electron chi connectivity index (χ0n) is 12.7. The number of carbonyl (C=O) groups excluding carboxylic acids is 2. The number of hydrogen-bond donors (Lipinski definition) is 3. The lowest BCUT2D eigenvalue weighted by atomic mass is 10.1. The number of carbonyl (C=O) groups is 2. The molecule has 1 amide bonds. The van der Waals surface area contributed by atoms with Crippen molar-refractivity contribution < 1.29 is 14.3 Å². The SMILES string of the molecule is CCCNC(=O)C(C)Nc1ccc(N)cc1C(=O)OCC. The summed E-state index contributed by atoms with van der Waals surface area (Å²) in [7, 11) is 0. The Balaban J connectivity index is 2.87. The minimum Gasteiger partial charge on any atom is -0.462 e. The standard InChI is InChI=1S/C15H23N3O3/c1-4-8-17-14(19)10(3)18-13-7-6-11(16)9-12(13)15(20)21-5-2/h6-7,9-10,18H,4-5,8,16H2,1-3H3,(H,17,19). The molecule has 0 aliphatic heterocycles. The highest BCUT2D eigenvalue weighted by molar-refractivity contribution is 5.97. The molecule has 0 bridgehead atoms. The second kappa shape index (κ2) is 8.14. The van der Waals surface area contributed by atoms with E-state index in [1.54, 1.807) is 26.0 Å². The maximum Gasteiger partial charge on any atom is 0.340 e. The molecular weight excluding hydrogens is 270 g/mol. The van der Waals surface area contributed by atoms with Gasteiger partial charge in [0.15, 0.2) is 0 Å². The molecule has 0 spiro atoms. The van der Waals surface area contributed by atoms with Gasteiger partial charge in [-0.3, -0.25) is 4.79 Å². The summed E-state index contributed by atoms with van der Waals surface area (Å²) in [6.07, 6.45) is 0.869. The molecule has 0 aliphatic carbocycles. The number of nitrogens with two attached hydrogens (primary N) is 1. The molecule has 1 atom stereocenters. The van der Waals surface area contributed by atoms with Crippen molar-refractivity contribution in [2.24, 2.45) is 0 Å². The van der Waals surface area contributed by atoms with E-state index >= 15 is 0 Å². The van der Waals surface area contributed by atoms with Crippen molar-refractivity contribution in [1.29, 1.82) is 0 Å². The Hall–Kier alpha value is -2.24. The first-order valence-corrected chi connectivity index (χ1v) is 7.10. The molecule has 0 heterocycles. The van der Waals surface area contributed by atoms with E-state index in [0.717, 1.165) is 6.42 Å². The number of ether oxygens (including phenoxy) is 1. The summed E-state index contributed by atoms with van der Waals surface area (Å²) in [4.78, 5) is 23.8. The molecule has 116 valence electrons. The van der Waals surface area contributed by atoms with Crippen LogP contribution in [-0.4, -0.2) is 31.1 Å². The third kappa shape index (κ3) is 4.98. The van der Waals surface area contributed by atoms with Crippen molar-refractivity contribution in [2.45, 2.75) is 33.2 Å². The molecule has 1 rings (SSSR count). The van der Waals surface area contributed by atoms with Crippen molar-refractivity contribution in [3.05, 3.63) is 23.8 Å². The Morgan fingerprint density at radius 3 is 2.67 bits per heavy atom. The van der Waals surface area contributed by atoms with Gasteiger partial charge in [-0.25, -0.2) is 4.79 Å². The summed E-state index contributed by atoms with van der Waals surface area (Å²) in [5.41, 5.74) is 7.02. The highest BCUT2D eigenvalue weighted by Gasteiger charge is 2.17. The Morgan fingerprint density at radius 2 is 2.05 bits per heavy atom. The van der Waals surface area contributed by atoms with Gasteiger partial charge < -0.3 is 21.1 Å². The zero-order valence-corrected chi connectivity index (χ0v) is 12.7. The van der Waals surface area contributed by atoms with Gasteiger partial charge >= 0.3 is 5.97 Å². The average Bonchev–Trinajstić information content (AvgIpc) is 2.46. The summed E-state index contributed by atoms with van der Waals surface area (Å²) in [6, 6.07) is 4.41. The number of nitrogen functional groups attached to an aromatic ring is 1. The predicted octanol–water partition coefficient (Wildman–Crippen LogP) is 1.77. The highest BCUT2D eigenvalue weighted by atomic mass is 16.5. The minimum atomic E-state index is -0.464. The van der Waals surface area contributed by atoms with Crippen LogP contribution < -0.4 is 16.4 Å². The van der Waals surface area contributed by atoms with E-state index in [2.05, 4.69) is 10.6 Å². The zero-order chi connectivity index (χ0) is 15.8. The van der Waals surface area contributed by atoms with Crippen molar-refractivity contribution in [2.75, 3.05) is 24.2 Å². The van der Waals surface area contributed by atoms with E-state index in [1.807, 2.05) is 6.92 Å². The Morgan fingerprint density at radius 1 is 1.33 bits per heavy atom. The molecule has 0 fully saturated rings. The number of nitrogens with one attached hydrogen (secondary N) is 2. The highest BCUT2D eigenvalue weighted by Crippen LogP contribution is 2.21. The van der Waals surface area contributed by atoms with Crippen LogP contribution in [0.3, 0.4) is 0 Å². The van der Waals surface area contributed by atoms with Crippen molar-refractivity contribution in [3.63, 3.8) is 0 Å². The second-order valence-corrected chi connectivity index (χ2v) is 4.68. The van der Waals surface area contributed by atoms with Crippen LogP contribution in [0.25, 0.3) is 0 Å². The molecule has 6 heteroatoms. The topological polar surface area (TPSA) is 93.5 Å². The van der Waals surface area contributed by atoms with Gasteiger partial charge in [-0.15, -0.1) is 0 Å². The minimum absolute atomic E-state index is 0.122. The summed E-state index contributed by atoms with van der Waals surface area (Å²) in [5.74, 6) is -0.586. The fourth-order valence-electron chi connectivity index (χ4n) is 1.77. The molecule has 1 aromatic rings. The van der Waals surface area contributed by atoms with Crippen LogP contribution in [0, 0.1) is 0 Å². The van der Waals surface area contributed by atoms with Gasteiger partial charge in [0.05, 0.1) is 12.2 Å². The van der Waals surface area contributed by atoms with Crippen LogP contribution in [-0.2, 0) is 9.53 Å². The van der Waals surface area contributed by atoms with Crippen LogP contribution in [0.2, 0.25) is 0 Å². The third-order valence-electron chi connectivity index (χ3n) is 2.85. The van der Waals surface area contributed by atoms with Crippen molar-refractivity contribution in [3.8, 4) is 0 Å². The lowest BCUT2D eigenvalue weighted by molar-refractivity contribution is -0.121. The number of amides is 1. The first-order valence-electron chi connectivity index (χ1n) is 7.10. The monoisotopic (exact) mass is 293 g/mol. The van der Waals surface area contributed by atoms with E-state index in [0.29, 0.717) is 23.5 Å². The maximum atomic E-state index is 11.9. The van der Waals surface area contributed by atoms with Crippen LogP contribution in [0.1, 0.15) is 37.6 Å². The Kier molecular flexibility index (Phi) is 6.52. The molecule has 0 aliphatic rings. The molecule has 0 saturated heterocycles. The quantitative estimate of drug-likeness (QED) is 0.526. The summed E-state index contributed by atoms with van der Waals surface area (Å²) < 4.78 is 5.00. The molecular formula is C15H23N3O3. The van der Waals surface area contributed by atoms with E-state index in [-0.39, 0.29) is 12.5 Å². The summed E-state index contributed by atoms with van der Waals surface area (Å²) in [5, 5.41) is 5.81. The van der Waals surface area contributed by atoms with E-state index in [1.165, 1.54) is 6.07 Å². The predicted molar refractivity (Wildman–Crippen MR) is 83.2 cm³/mol. The van der Waals surface area contributed by atoms with Gasteiger partial charge in [0, 0.05) is 17.9 Å². The van der Waals surface area contributed by atoms with Crippen LogP contribution in [0.5, 0.6) is 0 Å². The average molecular weight is 293 g/mol. The smallest absolute Gasteiger partial charge is 0.340 e. The largest absolute Gasteiger partial charge is 0.462 e. The number of esters is 1. The number of rotatable bonds is 7. The molecule has 21 heavy (non-hydrogen) atoms. The summed E-state index contributed by atoms with van der Waals surface area (Å²) in [6.45, 7) is 6.35. The molecule has 0 radical (unpaired) electrons. The normalized spacial score (nSPS) is 11.6. The van der Waals surface area contributed by atoms with Crippen molar-refractivity contribution in [1.82, 2.24) is 5.32 Å². The van der Waals surface area contributed by atoms with Gasteiger partial charge in [0.1, 0.15) is 6.04 Å². The lowest BCUT2D eigenvalue weighted by Gasteiger charge is -2.17. The van der Waals surface area contributed by atoms with Crippen LogP contribution >= 0.6 is 0 Å². The fraction of sp³-hybridized carbons (Fsp3) is 0.467. The van der Waals surface area contributed by atoms with Gasteiger partial charge in [-0.05, 0) is 38.5 Å². The maximum absolute atomic E-state index is 11.9. The number of benzene rings is 1. The Bertz CT molecular complexity index is 503. The molecule has 1 unspecified atom stereocenters. The van der Waals surface area contributed by atoms with Crippen LogP contribution in [0.4, 0.5) is 11.4 Å². The number of hydrogen-bond acceptors (Lipinski definition) is 5. The first-order chi connectivity index (χ1) is 9.99. The fourth-order valence-corrected chi connectivity index (χ4v) is 1.77. The first kappa shape index (κ1) is 16.8. The van der Waals surface area contributed by atoms with Crippen LogP contribution in [0.15, 0.2) is 18.2 Å². The molecule has 0 saturated carbocycles. The van der Waals surface area contributed by atoms with Gasteiger partial charge in [0.2, 0.25) is 5.91 Å². The van der Waals surface area contributed by atoms with Gasteiger partial charge in [0.25, 0.3) is 0 Å². The van der Waals surface area contributed by atoms with E-state index < -0.39 is 12.0 Å². The van der Waals surface area contributed by atoms with E-state index in [4.69, 9.17) is 10.5 Å². The lowest BCUT2D eigenvalue weighted by Crippen LogP contribution is -2.38. The third-order valence-corrected chi connectivity index (χ3v) is 2.85. The molecule has 0 aromatic heterocycles. The van der Waals surface area contributed by atoms with Crippen molar-refractivity contribution >= 4 is 23.3 Å². The Labute approximate surface area is 125 Å². The van der Waals surface area contributed by atoms with E-state index in [9.17, 15) is 9.59 Å². The molecule has 6 nitrogen and oxygen atoms in total. The molecule has 1 aromatic carbocycles. The van der Waals surface area contributed by atoms with Gasteiger partial charge in [-0.2, -0.15) is 0 Å². The number of anilines is 2.